The quantitative estimate of drug-likeness (QED) is 0.546. The monoisotopic (exact) mass is 396 g/mol. The normalized spacial score (nSPS) is 10.3. The summed E-state index contributed by atoms with van der Waals surface area (Å²) in [7, 11) is 0. The number of carbonyl (C=O) groups excluding carboxylic acids is 1. The first-order valence-corrected chi connectivity index (χ1v) is 8.66. The maximum absolute atomic E-state index is 13.1. The van der Waals surface area contributed by atoms with Crippen LogP contribution >= 0.6 is 23.8 Å². The van der Waals surface area contributed by atoms with E-state index in [1.807, 2.05) is 6.92 Å². The SMILES string of the molecule is CCOCCOc1ccc(C(=O)NC(=S)Nc2ccc(F)c(Cl)c2)cc1. The summed E-state index contributed by atoms with van der Waals surface area (Å²) >= 11 is 10.8. The van der Waals surface area contributed by atoms with Crippen LogP contribution in [-0.4, -0.2) is 30.8 Å². The highest BCUT2D eigenvalue weighted by Crippen LogP contribution is 2.19. The van der Waals surface area contributed by atoms with Crippen LogP contribution < -0.4 is 15.4 Å². The Hall–Kier alpha value is -2.22. The lowest BCUT2D eigenvalue weighted by Gasteiger charge is -2.11. The molecule has 0 unspecified atom stereocenters. The van der Waals surface area contributed by atoms with Gasteiger partial charge in [-0.1, -0.05) is 11.6 Å². The molecule has 0 bridgehead atoms. The van der Waals surface area contributed by atoms with E-state index in [9.17, 15) is 9.18 Å². The summed E-state index contributed by atoms with van der Waals surface area (Å²) in [5, 5.41) is 5.35. The van der Waals surface area contributed by atoms with Crippen LogP contribution in [-0.2, 0) is 4.74 Å². The van der Waals surface area contributed by atoms with Crippen LogP contribution in [0.15, 0.2) is 42.5 Å². The largest absolute Gasteiger partial charge is 0.491 e. The number of rotatable bonds is 7. The van der Waals surface area contributed by atoms with Crippen LogP contribution in [0.4, 0.5) is 10.1 Å². The molecule has 5 nitrogen and oxygen atoms in total. The van der Waals surface area contributed by atoms with Gasteiger partial charge < -0.3 is 14.8 Å². The van der Waals surface area contributed by atoms with E-state index < -0.39 is 5.82 Å². The summed E-state index contributed by atoms with van der Waals surface area (Å²) in [4.78, 5) is 12.2. The smallest absolute Gasteiger partial charge is 0.257 e. The molecule has 0 aliphatic carbocycles. The van der Waals surface area contributed by atoms with Crippen LogP contribution in [0.25, 0.3) is 0 Å². The van der Waals surface area contributed by atoms with Crippen molar-refractivity contribution in [2.75, 3.05) is 25.1 Å². The predicted octanol–water partition coefficient (Wildman–Crippen LogP) is 4.02. The van der Waals surface area contributed by atoms with Gasteiger partial charge in [0, 0.05) is 17.9 Å². The maximum Gasteiger partial charge on any atom is 0.257 e. The van der Waals surface area contributed by atoms with Gasteiger partial charge in [-0.15, -0.1) is 0 Å². The fourth-order valence-corrected chi connectivity index (χ4v) is 2.37. The molecule has 0 heterocycles. The molecule has 0 aliphatic rings. The zero-order valence-electron chi connectivity index (χ0n) is 14.1. The van der Waals surface area contributed by atoms with E-state index in [0.29, 0.717) is 36.8 Å². The van der Waals surface area contributed by atoms with E-state index in [2.05, 4.69) is 10.6 Å². The number of anilines is 1. The lowest BCUT2D eigenvalue weighted by atomic mass is 10.2. The number of carbonyl (C=O) groups is 1. The fraction of sp³-hybridized carbons (Fsp3) is 0.222. The third kappa shape index (κ3) is 6.25. The summed E-state index contributed by atoms with van der Waals surface area (Å²) in [5.41, 5.74) is 0.892. The summed E-state index contributed by atoms with van der Waals surface area (Å²) in [6, 6.07) is 10.7. The second kappa shape index (κ2) is 10.1. The lowest BCUT2D eigenvalue weighted by Crippen LogP contribution is -2.34. The van der Waals surface area contributed by atoms with Crippen molar-refractivity contribution in [2.45, 2.75) is 6.92 Å². The Labute approximate surface area is 161 Å². The molecule has 2 aromatic rings. The topological polar surface area (TPSA) is 59.6 Å². The first-order valence-electron chi connectivity index (χ1n) is 7.87. The molecule has 2 aromatic carbocycles. The number of hydrogen-bond acceptors (Lipinski definition) is 4. The van der Waals surface area contributed by atoms with Gasteiger partial charge in [-0.2, -0.15) is 0 Å². The van der Waals surface area contributed by atoms with E-state index in [4.69, 9.17) is 33.3 Å². The van der Waals surface area contributed by atoms with Crippen molar-refractivity contribution < 1.29 is 18.7 Å². The molecule has 0 saturated heterocycles. The highest BCUT2D eigenvalue weighted by Gasteiger charge is 2.09. The van der Waals surface area contributed by atoms with Gasteiger partial charge in [-0.3, -0.25) is 10.1 Å². The van der Waals surface area contributed by atoms with Gasteiger partial charge in [-0.25, -0.2) is 4.39 Å². The molecular formula is C18H18ClFN2O3S. The Morgan fingerprint density at radius 1 is 1.19 bits per heavy atom. The number of amides is 1. The minimum atomic E-state index is -0.532. The number of halogens is 2. The van der Waals surface area contributed by atoms with Crippen molar-refractivity contribution in [3.8, 4) is 5.75 Å². The minimum absolute atomic E-state index is 0.0379. The van der Waals surface area contributed by atoms with Crippen LogP contribution in [0.3, 0.4) is 0 Å². The van der Waals surface area contributed by atoms with Crippen LogP contribution in [0.2, 0.25) is 5.02 Å². The van der Waals surface area contributed by atoms with Crippen molar-refractivity contribution in [1.82, 2.24) is 5.32 Å². The van der Waals surface area contributed by atoms with E-state index in [0.717, 1.165) is 0 Å². The van der Waals surface area contributed by atoms with E-state index in [1.54, 1.807) is 24.3 Å². The van der Waals surface area contributed by atoms with E-state index in [-0.39, 0.29) is 16.0 Å². The van der Waals surface area contributed by atoms with Gasteiger partial charge >= 0.3 is 0 Å². The van der Waals surface area contributed by atoms with Gasteiger partial charge in [0.2, 0.25) is 0 Å². The molecule has 0 spiro atoms. The molecule has 138 valence electrons. The zero-order chi connectivity index (χ0) is 18.9. The average Bonchev–Trinajstić information content (AvgIpc) is 2.62. The van der Waals surface area contributed by atoms with Crippen LogP contribution in [0, 0.1) is 5.82 Å². The number of benzene rings is 2. The van der Waals surface area contributed by atoms with Crippen molar-refractivity contribution in [2.24, 2.45) is 0 Å². The van der Waals surface area contributed by atoms with Crippen LogP contribution in [0.1, 0.15) is 17.3 Å². The second-order valence-electron chi connectivity index (χ2n) is 5.11. The predicted molar refractivity (Wildman–Crippen MR) is 104 cm³/mol. The van der Waals surface area contributed by atoms with Gasteiger partial charge in [0.25, 0.3) is 5.91 Å². The molecular weight excluding hydrogens is 379 g/mol. The second-order valence-corrected chi connectivity index (χ2v) is 5.92. The standard InChI is InChI=1S/C18H18ClFN2O3S/c1-2-24-9-10-25-14-6-3-12(4-7-14)17(23)22-18(26)21-13-5-8-16(20)15(19)11-13/h3-8,11H,2,9-10H2,1H3,(H2,21,22,23,26). The molecule has 8 heteroatoms. The molecule has 0 fully saturated rings. The first-order chi connectivity index (χ1) is 12.5. The van der Waals surface area contributed by atoms with E-state index in [1.165, 1.54) is 18.2 Å². The Balaban J connectivity index is 1.86. The Morgan fingerprint density at radius 2 is 1.92 bits per heavy atom. The Morgan fingerprint density at radius 3 is 2.58 bits per heavy atom. The van der Waals surface area contributed by atoms with Gasteiger partial charge in [0.1, 0.15) is 18.2 Å². The zero-order valence-corrected chi connectivity index (χ0v) is 15.6. The molecule has 0 aromatic heterocycles. The Kier molecular flexibility index (Phi) is 7.77. The third-order valence-electron chi connectivity index (χ3n) is 3.22. The maximum atomic E-state index is 13.1. The highest BCUT2D eigenvalue weighted by molar-refractivity contribution is 7.80. The van der Waals surface area contributed by atoms with Gasteiger partial charge in [-0.05, 0) is 61.6 Å². The lowest BCUT2D eigenvalue weighted by molar-refractivity contribution is 0.0977. The fourth-order valence-electron chi connectivity index (χ4n) is 1.98. The molecule has 0 radical (unpaired) electrons. The molecule has 1 amide bonds. The van der Waals surface area contributed by atoms with Crippen LogP contribution in [0.5, 0.6) is 5.75 Å². The molecule has 0 saturated carbocycles. The number of hydrogen-bond donors (Lipinski definition) is 2. The van der Waals surface area contributed by atoms with Crippen molar-refractivity contribution in [3.63, 3.8) is 0 Å². The van der Waals surface area contributed by atoms with Crippen molar-refractivity contribution in [3.05, 3.63) is 58.9 Å². The van der Waals surface area contributed by atoms with Gasteiger partial charge in [0.15, 0.2) is 5.11 Å². The molecule has 26 heavy (non-hydrogen) atoms. The number of ether oxygens (including phenoxy) is 2. The summed E-state index contributed by atoms with van der Waals surface area (Å²) in [6.45, 7) is 3.50. The highest BCUT2D eigenvalue weighted by atomic mass is 35.5. The molecule has 2 rings (SSSR count). The third-order valence-corrected chi connectivity index (χ3v) is 3.72. The van der Waals surface area contributed by atoms with E-state index >= 15 is 0 Å². The summed E-state index contributed by atoms with van der Waals surface area (Å²) in [6.07, 6.45) is 0. The Bertz CT molecular complexity index is 772. The first kappa shape index (κ1) is 20.1. The molecule has 2 N–H and O–H groups in total. The number of thiocarbonyl (C=S) groups is 1. The van der Waals surface area contributed by atoms with Crippen molar-refractivity contribution >= 4 is 40.5 Å². The van der Waals surface area contributed by atoms with Crippen molar-refractivity contribution in [1.29, 1.82) is 0 Å². The minimum Gasteiger partial charge on any atom is -0.491 e. The van der Waals surface area contributed by atoms with Gasteiger partial charge in [0.05, 0.1) is 11.6 Å². The molecule has 0 aliphatic heterocycles. The summed E-state index contributed by atoms with van der Waals surface area (Å²) in [5.74, 6) is -0.268. The summed E-state index contributed by atoms with van der Waals surface area (Å²) < 4.78 is 23.8. The number of nitrogens with one attached hydrogen (secondary N) is 2. The molecule has 0 atom stereocenters. The average molecular weight is 397 g/mol.